The van der Waals surface area contributed by atoms with E-state index in [1.807, 2.05) is 23.1 Å². The van der Waals surface area contributed by atoms with Crippen molar-refractivity contribution >= 4 is 29.5 Å². The molecule has 0 N–H and O–H groups in total. The van der Waals surface area contributed by atoms with Crippen LogP contribution in [0.5, 0.6) is 0 Å². The van der Waals surface area contributed by atoms with Crippen molar-refractivity contribution in [2.45, 2.75) is 45.2 Å². The number of ether oxygens (including phenoxy) is 2. The molecule has 1 aromatic carbocycles. The summed E-state index contributed by atoms with van der Waals surface area (Å²) in [5, 5.41) is 0. The quantitative estimate of drug-likeness (QED) is 0.780. The lowest BCUT2D eigenvalue weighted by molar-refractivity contribution is -0.120. The van der Waals surface area contributed by atoms with Crippen molar-refractivity contribution in [1.29, 1.82) is 0 Å². The van der Waals surface area contributed by atoms with Gasteiger partial charge in [0, 0.05) is 25.0 Å². The second-order valence-corrected chi connectivity index (χ2v) is 7.28. The molecule has 0 aliphatic carbocycles. The van der Waals surface area contributed by atoms with Gasteiger partial charge in [0.2, 0.25) is 5.91 Å². The minimum Gasteiger partial charge on any atom is -0.450 e. The molecule has 3 aliphatic heterocycles. The molecule has 3 heterocycles. The van der Waals surface area contributed by atoms with Gasteiger partial charge in [0.15, 0.2) is 0 Å². The van der Waals surface area contributed by atoms with E-state index < -0.39 is 12.1 Å². The highest BCUT2D eigenvalue weighted by Crippen LogP contribution is 2.52. The summed E-state index contributed by atoms with van der Waals surface area (Å²) in [6, 6.07) is 5.08. The largest absolute Gasteiger partial charge is 0.450 e. The van der Waals surface area contributed by atoms with Crippen molar-refractivity contribution in [3.8, 4) is 0 Å². The van der Waals surface area contributed by atoms with Gasteiger partial charge in [-0.2, -0.15) is 0 Å². The zero-order valence-electron chi connectivity index (χ0n) is 16.4. The van der Waals surface area contributed by atoms with E-state index >= 15 is 0 Å². The van der Waals surface area contributed by atoms with Gasteiger partial charge >= 0.3 is 12.2 Å². The van der Waals surface area contributed by atoms with E-state index in [0.717, 1.165) is 11.3 Å². The van der Waals surface area contributed by atoms with Crippen molar-refractivity contribution in [1.82, 2.24) is 4.90 Å². The van der Waals surface area contributed by atoms with E-state index in [1.54, 1.807) is 25.7 Å². The molecule has 150 valence electrons. The van der Waals surface area contributed by atoms with Crippen LogP contribution in [0, 0.1) is 0 Å². The summed E-state index contributed by atoms with van der Waals surface area (Å²) in [4.78, 5) is 43.0. The number of rotatable bonds is 2. The highest BCUT2D eigenvalue weighted by Gasteiger charge is 2.52. The maximum absolute atomic E-state index is 13.2. The molecule has 0 radical (unpaired) electrons. The fourth-order valence-corrected chi connectivity index (χ4v) is 4.65. The van der Waals surface area contributed by atoms with Crippen LogP contribution >= 0.6 is 0 Å². The Balaban J connectivity index is 1.74. The molecule has 3 atom stereocenters. The molecule has 3 aliphatic rings. The lowest BCUT2D eigenvalue weighted by Crippen LogP contribution is -2.58. The van der Waals surface area contributed by atoms with Crippen LogP contribution in [0.25, 0.3) is 0 Å². The molecule has 8 nitrogen and oxygen atoms in total. The molecule has 0 saturated carbocycles. The van der Waals surface area contributed by atoms with Crippen molar-refractivity contribution in [2.24, 2.45) is 0 Å². The maximum atomic E-state index is 13.2. The summed E-state index contributed by atoms with van der Waals surface area (Å²) in [6.45, 7) is 6.89. The first-order valence-corrected chi connectivity index (χ1v) is 9.83. The lowest BCUT2D eigenvalue weighted by Gasteiger charge is -2.42. The van der Waals surface area contributed by atoms with Crippen LogP contribution < -0.4 is 9.80 Å². The summed E-state index contributed by atoms with van der Waals surface area (Å²) in [7, 11) is 0. The summed E-state index contributed by atoms with van der Waals surface area (Å²) < 4.78 is 10.4. The third-order valence-electron chi connectivity index (χ3n) is 5.83. The predicted octanol–water partition coefficient (Wildman–Crippen LogP) is 2.71. The fourth-order valence-electron chi connectivity index (χ4n) is 4.65. The molecule has 1 saturated heterocycles. The first kappa shape index (κ1) is 18.6. The van der Waals surface area contributed by atoms with E-state index in [1.165, 1.54) is 4.90 Å². The molecular weight excluding hydrogens is 362 g/mol. The van der Waals surface area contributed by atoms with Gasteiger partial charge in [0.1, 0.15) is 6.04 Å². The van der Waals surface area contributed by atoms with Gasteiger partial charge in [-0.1, -0.05) is 12.1 Å². The van der Waals surface area contributed by atoms with Crippen molar-refractivity contribution in [3.63, 3.8) is 0 Å². The Hall–Kier alpha value is -2.77. The van der Waals surface area contributed by atoms with E-state index in [9.17, 15) is 14.4 Å². The Morgan fingerprint density at radius 1 is 1.14 bits per heavy atom. The number of benzene rings is 1. The van der Waals surface area contributed by atoms with Crippen LogP contribution in [-0.2, 0) is 14.3 Å². The molecular formula is C20H25N3O5. The van der Waals surface area contributed by atoms with Gasteiger partial charge in [-0.3, -0.25) is 9.69 Å². The molecule has 0 spiro atoms. The highest BCUT2D eigenvalue weighted by molar-refractivity contribution is 6.13. The monoisotopic (exact) mass is 387 g/mol. The Bertz CT molecular complexity index is 826. The zero-order valence-corrected chi connectivity index (χ0v) is 16.4. The number of carbonyl (C=O) groups is 3. The van der Waals surface area contributed by atoms with Crippen molar-refractivity contribution in [2.75, 3.05) is 36.1 Å². The first-order chi connectivity index (χ1) is 13.5. The number of anilines is 2. The van der Waals surface area contributed by atoms with E-state index in [0.29, 0.717) is 31.8 Å². The number of para-hydroxylation sites is 1. The van der Waals surface area contributed by atoms with Gasteiger partial charge in [-0.05, 0) is 38.8 Å². The topological polar surface area (TPSA) is 79.4 Å². The fraction of sp³-hybridized carbons (Fsp3) is 0.550. The number of fused-ring (bicyclic) bond motifs is 3. The molecule has 8 heteroatoms. The average Bonchev–Trinajstić information content (AvgIpc) is 3.02. The summed E-state index contributed by atoms with van der Waals surface area (Å²) >= 11 is 0. The van der Waals surface area contributed by atoms with Crippen molar-refractivity contribution < 1.29 is 23.9 Å². The number of hydrogen-bond acceptors (Lipinski definition) is 5. The Morgan fingerprint density at radius 3 is 2.57 bits per heavy atom. The number of piperidine rings is 1. The van der Waals surface area contributed by atoms with Crippen LogP contribution in [0.3, 0.4) is 0 Å². The molecule has 3 unspecified atom stereocenters. The second-order valence-electron chi connectivity index (χ2n) is 7.28. The minimum atomic E-state index is -0.636. The third kappa shape index (κ3) is 2.62. The highest BCUT2D eigenvalue weighted by atomic mass is 16.6. The summed E-state index contributed by atoms with van der Waals surface area (Å²) in [5.41, 5.74) is 2.46. The maximum Gasteiger partial charge on any atom is 0.415 e. The zero-order chi connectivity index (χ0) is 20.0. The normalized spacial score (nSPS) is 25.3. The average molecular weight is 387 g/mol. The molecule has 28 heavy (non-hydrogen) atoms. The van der Waals surface area contributed by atoms with Gasteiger partial charge < -0.3 is 19.3 Å². The summed E-state index contributed by atoms with van der Waals surface area (Å²) in [5.74, 6) is -0.100. The van der Waals surface area contributed by atoms with Crippen LogP contribution in [0.1, 0.15) is 38.7 Å². The van der Waals surface area contributed by atoms with Crippen LogP contribution in [0.2, 0.25) is 0 Å². The number of amides is 3. The van der Waals surface area contributed by atoms with E-state index in [-0.39, 0.29) is 30.6 Å². The molecule has 0 aromatic heterocycles. The van der Waals surface area contributed by atoms with Crippen LogP contribution in [-0.4, -0.2) is 61.4 Å². The third-order valence-corrected chi connectivity index (χ3v) is 5.83. The smallest absolute Gasteiger partial charge is 0.415 e. The molecule has 1 fully saturated rings. The molecule has 3 amide bonds. The molecule has 0 bridgehead atoms. The van der Waals surface area contributed by atoms with Gasteiger partial charge in [-0.25, -0.2) is 9.59 Å². The molecule has 1 aromatic rings. The second kappa shape index (κ2) is 7.00. The minimum absolute atomic E-state index is 0.00593. The Labute approximate surface area is 164 Å². The number of likely N-dealkylation sites (tertiary alicyclic amines) is 1. The van der Waals surface area contributed by atoms with Gasteiger partial charge in [0.05, 0.1) is 24.6 Å². The van der Waals surface area contributed by atoms with Crippen LogP contribution in [0.4, 0.5) is 21.0 Å². The van der Waals surface area contributed by atoms with E-state index in [2.05, 4.69) is 0 Å². The summed E-state index contributed by atoms with van der Waals surface area (Å²) in [6.07, 6.45) is -0.158. The SMILES string of the molecule is CCOC(=O)N1CCC2C(C1)c1cccc3c1N2C(=O)C(C)N3C(=O)OCC. The first-order valence-electron chi connectivity index (χ1n) is 9.83. The van der Waals surface area contributed by atoms with Crippen molar-refractivity contribution in [3.05, 3.63) is 23.8 Å². The van der Waals surface area contributed by atoms with Crippen LogP contribution in [0.15, 0.2) is 18.2 Å². The Kier molecular flexibility index (Phi) is 4.64. The predicted molar refractivity (Wildman–Crippen MR) is 103 cm³/mol. The Morgan fingerprint density at radius 2 is 1.86 bits per heavy atom. The number of hydrogen-bond donors (Lipinski definition) is 0. The molecule has 4 rings (SSSR count). The van der Waals surface area contributed by atoms with E-state index in [4.69, 9.17) is 9.47 Å². The van der Waals surface area contributed by atoms with Gasteiger partial charge in [-0.15, -0.1) is 0 Å². The lowest BCUT2D eigenvalue weighted by atomic mass is 9.89. The standard InChI is InChI=1S/C20H25N3O5/c1-4-27-19(25)21-10-9-15-14(11-21)13-7-6-8-16-17(13)23(15)18(24)12(3)22(16)20(26)28-5-2/h6-8,12,14-15H,4-5,9-11H2,1-3H3. The number of nitrogens with zero attached hydrogens (tertiary/aromatic N) is 3. The number of carbonyl (C=O) groups excluding carboxylic acids is 3. The van der Waals surface area contributed by atoms with Gasteiger partial charge in [0.25, 0.3) is 0 Å².